The first-order valence-electron chi connectivity index (χ1n) is 8.88. The molecule has 0 aliphatic carbocycles. The van der Waals surface area contributed by atoms with Gasteiger partial charge < -0.3 is 20.2 Å². The van der Waals surface area contributed by atoms with Crippen LogP contribution in [0.4, 0.5) is 11.6 Å². The highest BCUT2D eigenvalue weighted by molar-refractivity contribution is 5.64. The predicted molar refractivity (Wildman–Crippen MR) is 107 cm³/mol. The van der Waals surface area contributed by atoms with Crippen LogP contribution in [-0.4, -0.2) is 36.2 Å². The molecule has 0 spiro atoms. The second-order valence-electron chi connectivity index (χ2n) is 6.63. The maximum absolute atomic E-state index is 6.05. The summed E-state index contributed by atoms with van der Waals surface area (Å²) in [6, 6.07) is 3.97. The van der Waals surface area contributed by atoms with Crippen LogP contribution in [0.25, 0.3) is 16.9 Å². The molecule has 0 radical (unpaired) electrons. The molecule has 0 saturated carbocycles. The van der Waals surface area contributed by atoms with Crippen molar-refractivity contribution >= 4 is 17.3 Å². The SMILES string of the molecule is COCc1cnc2ccc([C@@H](C)Nc3nc(-c4cnn(C)c4)cnc3N)cn12. The van der Waals surface area contributed by atoms with E-state index in [1.54, 1.807) is 24.2 Å². The van der Waals surface area contributed by atoms with Gasteiger partial charge >= 0.3 is 0 Å². The van der Waals surface area contributed by atoms with Gasteiger partial charge in [-0.05, 0) is 18.6 Å². The quantitative estimate of drug-likeness (QED) is 0.530. The Morgan fingerprint density at radius 1 is 1.18 bits per heavy atom. The predicted octanol–water partition coefficient (Wildman–Crippen LogP) is 2.43. The van der Waals surface area contributed by atoms with Crippen molar-refractivity contribution < 1.29 is 4.74 Å². The number of imidazole rings is 1. The molecule has 0 amide bonds. The molecule has 0 aromatic carbocycles. The fourth-order valence-corrected chi connectivity index (χ4v) is 3.04. The van der Waals surface area contributed by atoms with Gasteiger partial charge in [-0.25, -0.2) is 15.0 Å². The van der Waals surface area contributed by atoms with Gasteiger partial charge in [0.05, 0.1) is 42.6 Å². The van der Waals surface area contributed by atoms with Crippen LogP contribution in [0.5, 0.6) is 0 Å². The Kier molecular flexibility index (Phi) is 4.66. The average molecular weight is 378 g/mol. The number of fused-ring (bicyclic) bond motifs is 1. The van der Waals surface area contributed by atoms with E-state index >= 15 is 0 Å². The average Bonchev–Trinajstić information content (AvgIpc) is 3.30. The Bertz CT molecular complexity index is 1120. The van der Waals surface area contributed by atoms with Gasteiger partial charge in [0.1, 0.15) is 5.65 Å². The number of nitrogens with one attached hydrogen (secondary N) is 1. The van der Waals surface area contributed by atoms with Gasteiger partial charge in [-0.3, -0.25) is 4.68 Å². The van der Waals surface area contributed by atoms with Crippen LogP contribution < -0.4 is 11.1 Å². The fourth-order valence-electron chi connectivity index (χ4n) is 3.04. The number of nitrogen functional groups attached to an aromatic ring is 1. The lowest BCUT2D eigenvalue weighted by atomic mass is 10.1. The van der Waals surface area contributed by atoms with Crippen molar-refractivity contribution in [3.05, 3.63) is 54.4 Å². The molecular formula is C19H22N8O. The fraction of sp³-hybridized carbons (Fsp3) is 0.263. The van der Waals surface area contributed by atoms with Crippen LogP contribution in [-0.2, 0) is 18.4 Å². The Balaban J connectivity index is 1.62. The number of anilines is 2. The van der Waals surface area contributed by atoms with Crippen LogP contribution in [0, 0.1) is 0 Å². The maximum atomic E-state index is 6.05. The zero-order chi connectivity index (χ0) is 19.7. The zero-order valence-corrected chi connectivity index (χ0v) is 16.0. The van der Waals surface area contributed by atoms with Crippen LogP contribution in [0.15, 0.2) is 43.1 Å². The molecule has 4 rings (SSSR count). The highest BCUT2D eigenvalue weighted by atomic mass is 16.5. The number of hydrogen-bond acceptors (Lipinski definition) is 7. The highest BCUT2D eigenvalue weighted by Gasteiger charge is 2.13. The number of methoxy groups -OCH3 is 1. The van der Waals surface area contributed by atoms with E-state index in [2.05, 4.69) is 25.4 Å². The van der Waals surface area contributed by atoms with E-state index < -0.39 is 0 Å². The lowest BCUT2D eigenvalue weighted by molar-refractivity contribution is 0.181. The number of hydrogen-bond donors (Lipinski definition) is 2. The molecule has 0 unspecified atom stereocenters. The summed E-state index contributed by atoms with van der Waals surface area (Å²) in [5.74, 6) is 0.889. The molecule has 9 nitrogen and oxygen atoms in total. The second kappa shape index (κ2) is 7.28. The van der Waals surface area contributed by atoms with Crippen molar-refractivity contribution in [2.24, 2.45) is 7.05 Å². The summed E-state index contributed by atoms with van der Waals surface area (Å²) >= 11 is 0. The number of aromatic nitrogens is 6. The summed E-state index contributed by atoms with van der Waals surface area (Å²) in [6.07, 6.45) is 9.15. The zero-order valence-electron chi connectivity index (χ0n) is 16.0. The lowest BCUT2D eigenvalue weighted by Crippen LogP contribution is -2.12. The first-order chi connectivity index (χ1) is 13.5. The van der Waals surface area contributed by atoms with Crippen LogP contribution in [0.1, 0.15) is 24.2 Å². The standard InChI is InChI=1S/C19H22N8O/c1-12(13-4-5-17-21-7-15(11-28-3)27(17)10-13)24-19-18(20)22-8-16(25-19)14-6-23-26(2)9-14/h4-10,12H,11H2,1-3H3,(H2,20,22)(H,24,25)/t12-/m1/s1. The van der Waals surface area contributed by atoms with E-state index in [0.29, 0.717) is 23.9 Å². The van der Waals surface area contributed by atoms with E-state index in [-0.39, 0.29) is 6.04 Å². The third kappa shape index (κ3) is 3.39. The molecule has 1 atom stereocenters. The maximum Gasteiger partial charge on any atom is 0.170 e. The Morgan fingerprint density at radius 2 is 2.04 bits per heavy atom. The molecular weight excluding hydrogens is 356 g/mol. The molecule has 3 N–H and O–H groups in total. The monoisotopic (exact) mass is 378 g/mol. The molecule has 4 aromatic rings. The number of pyridine rings is 1. The van der Waals surface area contributed by atoms with Gasteiger partial charge in [0.25, 0.3) is 0 Å². The molecule has 28 heavy (non-hydrogen) atoms. The largest absolute Gasteiger partial charge is 0.381 e. The van der Waals surface area contributed by atoms with Gasteiger partial charge in [-0.15, -0.1) is 0 Å². The van der Waals surface area contributed by atoms with Gasteiger partial charge in [-0.2, -0.15) is 5.10 Å². The molecule has 9 heteroatoms. The summed E-state index contributed by atoms with van der Waals surface area (Å²) in [5.41, 5.74) is 10.6. The molecule has 144 valence electrons. The molecule has 0 aliphatic heterocycles. The summed E-state index contributed by atoms with van der Waals surface area (Å²) in [5, 5.41) is 7.54. The molecule has 4 heterocycles. The second-order valence-corrected chi connectivity index (χ2v) is 6.63. The van der Waals surface area contributed by atoms with Crippen molar-refractivity contribution in [3.63, 3.8) is 0 Å². The van der Waals surface area contributed by atoms with E-state index in [1.165, 1.54) is 0 Å². The number of rotatable bonds is 6. The first-order valence-corrected chi connectivity index (χ1v) is 8.88. The number of nitrogens with zero attached hydrogens (tertiary/aromatic N) is 6. The minimum absolute atomic E-state index is 0.0389. The number of nitrogens with two attached hydrogens (primary N) is 1. The van der Waals surface area contributed by atoms with Crippen molar-refractivity contribution in [2.45, 2.75) is 19.6 Å². The van der Waals surface area contributed by atoms with Gasteiger partial charge in [-0.1, -0.05) is 6.07 Å². The summed E-state index contributed by atoms with van der Waals surface area (Å²) in [7, 11) is 3.53. The minimum atomic E-state index is -0.0389. The van der Waals surface area contributed by atoms with Gasteiger partial charge in [0, 0.05) is 32.1 Å². The Hall–Kier alpha value is -3.46. The van der Waals surface area contributed by atoms with Crippen LogP contribution in [0.2, 0.25) is 0 Å². The smallest absolute Gasteiger partial charge is 0.170 e. The third-order valence-electron chi connectivity index (χ3n) is 4.55. The molecule has 0 saturated heterocycles. The summed E-state index contributed by atoms with van der Waals surface area (Å²) < 4.78 is 8.99. The first kappa shape index (κ1) is 17.9. The van der Waals surface area contributed by atoms with E-state index in [0.717, 1.165) is 22.5 Å². The van der Waals surface area contributed by atoms with Gasteiger partial charge in [0.15, 0.2) is 11.6 Å². The Morgan fingerprint density at radius 3 is 2.79 bits per heavy atom. The third-order valence-corrected chi connectivity index (χ3v) is 4.55. The molecule has 0 fully saturated rings. The van der Waals surface area contributed by atoms with E-state index in [1.807, 2.05) is 49.1 Å². The minimum Gasteiger partial charge on any atom is -0.381 e. The van der Waals surface area contributed by atoms with Crippen molar-refractivity contribution in [3.8, 4) is 11.3 Å². The van der Waals surface area contributed by atoms with Gasteiger partial charge in [0.2, 0.25) is 0 Å². The van der Waals surface area contributed by atoms with Crippen molar-refractivity contribution in [1.82, 2.24) is 29.1 Å². The number of ether oxygens (including phenoxy) is 1. The molecule has 0 aliphatic rings. The lowest BCUT2D eigenvalue weighted by Gasteiger charge is -2.17. The van der Waals surface area contributed by atoms with Crippen LogP contribution in [0.3, 0.4) is 0 Å². The highest BCUT2D eigenvalue weighted by Crippen LogP contribution is 2.25. The molecule has 0 bridgehead atoms. The number of aryl methyl sites for hydroxylation is 1. The summed E-state index contributed by atoms with van der Waals surface area (Å²) in [4.78, 5) is 13.3. The van der Waals surface area contributed by atoms with Crippen LogP contribution >= 0.6 is 0 Å². The van der Waals surface area contributed by atoms with Crippen molar-refractivity contribution in [2.75, 3.05) is 18.2 Å². The summed E-state index contributed by atoms with van der Waals surface area (Å²) in [6.45, 7) is 2.55. The Labute approximate surface area is 162 Å². The topological polar surface area (TPSA) is 108 Å². The normalized spacial score (nSPS) is 12.4. The van der Waals surface area contributed by atoms with E-state index in [9.17, 15) is 0 Å². The van der Waals surface area contributed by atoms with E-state index in [4.69, 9.17) is 10.5 Å². The van der Waals surface area contributed by atoms with Crippen molar-refractivity contribution in [1.29, 1.82) is 0 Å². The molecule has 4 aromatic heterocycles.